The number of phosphoric ester groups is 1. The molecule has 0 saturated carbocycles. The molecule has 0 aromatic heterocycles. The maximum Gasteiger partial charge on any atom is 0.469 e. The molecule has 0 aliphatic rings. The zero-order valence-corrected chi connectivity index (χ0v) is 11.7. The monoisotopic (exact) mass is 280 g/mol. The number of phosphoric acid groups is 1. The third-order valence-electron chi connectivity index (χ3n) is 2.81. The van der Waals surface area contributed by atoms with Crippen LogP contribution in [0.1, 0.15) is 39.5 Å². The highest BCUT2D eigenvalue weighted by molar-refractivity contribution is 7.46. The molecular weight excluding hydrogens is 259 g/mol. The van der Waals surface area contributed by atoms with Crippen LogP contribution in [0.2, 0.25) is 0 Å². The van der Waals surface area contributed by atoms with E-state index >= 15 is 0 Å². The predicted octanol–water partition coefficient (Wildman–Crippen LogP) is 2.16. The Morgan fingerprint density at radius 3 is 2.33 bits per heavy atom. The van der Waals surface area contributed by atoms with E-state index in [0.29, 0.717) is 25.7 Å². The molecule has 7 heteroatoms. The van der Waals surface area contributed by atoms with E-state index in [1.165, 1.54) is 0 Å². The van der Waals surface area contributed by atoms with Gasteiger partial charge in [0, 0.05) is 6.08 Å². The van der Waals surface area contributed by atoms with E-state index in [9.17, 15) is 9.36 Å². The van der Waals surface area contributed by atoms with Gasteiger partial charge in [0.2, 0.25) is 0 Å². The molecule has 2 N–H and O–H groups in total. The number of rotatable bonds is 9. The van der Waals surface area contributed by atoms with Crippen LogP contribution in [0, 0.1) is 0 Å². The van der Waals surface area contributed by atoms with Gasteiger partial charge in [-0.15, -0.1) is 0 Å². The zero-order valence-electron chi connectivity index (χ0n) is 10.8. The summed E-state index contributed by atoms with van der Waals surface area (Å²) in [7, 11) is -4.42. The molecular formula is C11H21O6P. The van der Waals surface area contributed by atoms with E-state index in [1.54, 1.807) is 0 Å². The van der Waals surface area contributed by atoms with Gasteiger partial charge in [-0.25, -0.2) is 9.36 Å². The lowest BCUT2D eigenvalue weighted by atomic mass is 9.91. The summed E-state index contributed by atoms with van der Waals surface area (Å²) in [5.74, 6) is -0.491. The molecule has 0 aliphatic carbocycles. The molecule has 0 aliphatic heterocycles. The van der Waals surface area contributed by atoms with Crippen LogP contribution in [0.5, 0.6) is 0 Å². The minimum absolute atomic E-state index is 0.0718. The van der Waals surface area contributed by atoms with Crippen molar-refractivity contribution in [2.75, 3.05) is 6.61 Å². The molecule has 6 nitrogen and oxygen atoms in total. The van der Waals surface area contributed by atoms with Crippen molar-refractivity contribution in [1.82, 2.24) is 0 Å². The minimum atomic E-state index is -4.42. The Hall–Kier alpha value is -0.680. The van der Waals surface area contributed by atoms with Crippen LogP contribution in [0.4, 0.5) is 0 Å². The molecule has 0 fully saturated rings. The molecule has 0 saturated heterocycles. The van der Waals surface area contributed by atoms with Gasteiger partial charge in [-0.3, -0.25) is 4.52 Å². The van der Waals surface area contributed by atoms with Crippen LogP contribution < -0.4 is 0 Å². The molecule has 0 aromatic carbocycles. The Kier molecular flexibility index (Phi) is 7.40. The standard InChI is InChI=1S/C11H21O6P/c1-4-10(12)17-11(5-2,6-3)8-7-9-16-18(13,14)15/h4H,1,5-9H2,2-3H3,(H2,13,14,15). The van der Waals surface area contributed by atoms with Crippen LogP contribution in [-0.2, 0) is 18.6 Å². The largest absolute Gasteiger partial charge is 0.469 e. The lowest BCUT2D eigenvalue weighted by Crippen LogP contribution is -2.33. The summed E-state index contributed by atoms with van der Waals surface area (Å²) in [5.41, 5.74) is -0.621. The second-order valence-electron chi connectivity index (χ2n) is 3.94. The van der Waals surface area contributed by atoms with Crippen molar-refractivity contribution in [3.8, 4) is 0 Å². The van der Waals surface area contributed by atoms with Gasteiger partial charge < -0.3 is 14.5 Å². The fourth-order valence-corrected chi connectivity index (χ4v) is 2.00. The maximum atomic E-state index is 11.2. The topological polar surface area (TPSA) is 93.1 Å². The third kappa shape index (κ3) is 6.91. The lowest BCUT2D eigenvalue weighted by Gasteiger charge is -2.31. The molecule has 0 radical (unpaired) electrons. The Morgan fingerprint density at radius 1 is 1.39 bits per heavy atom. The molecule has 0 unspecified atom stereocenters. The first kappa shape index (κ1) is 17.3. The molecule has 0 atom stereocenters. The van der Waals surface area contributed by atoms with E-state index < -0.39 is 19.4 Å². The molecule has 0 rings (SSSR count). The maximum absolute atomic E-state index is 11.2. The molecule has 0 bridgehead atoms. The first-order valence-electron chi connectivity index (χ1n) is 5.84. The number of hydrogen-bond acceptors (Lipinski definition) is 4. The third-order valence-corrected chi connectivity index (χ3v) is 3.33. The van der Waals surface area contributed by atoms with Crippen LogP contribution in [-0.4, -0.2) is 28.0 Å². The van der Waals surface area contributed by atoms with Crippen molar-refractivity contribution in [1.29, 1.82) is 0 Å². The number of ether oxygens (including phenoxy) is 1. The van der Waals surface area contributed by atoms with E-state index in [0.717, 1.165) is 6.08 Å². The number of carbonyl (C=O) groups excluding carboxylic acids is 1. The molecule has 0 amide bonds. The van der Waals surface area contributed by atoms with Crippen molar-refractivity contribution in [2.24, 2.45) is 0 Å². The van der Waals surface area contributed by atoms with Crippen LogP contribution in [0.15, 0.2) is 12.7 Å². The van der Waals surface area contributed by atoms with Gasteiger partial charge in [-0.2, -0.15) is 0 Å². The van der Waals surface area contributed by atoms with Crippen LogP contribution in [0.25, 0.3) is 0 Å². The number of carbonyl (C=O) groups is 1. The Morgan fingerprint density at radius 2 is 1.94 bits per heavy atom. The molecule has 106 valence electrons. The second-order valence-corrected chi connectivity index (χ2v) is 5.18. The van der Waals surface area contributed by atoms with Gasteiger partial charge in [-0.05, 0) is 25.7 Å². The Bertz CT molecular complexity index is 317. The zero-order chi connectivity index (χ0) is 14.2. The molecule has 0 spiro atoms. The molecule has 0 aromatic rings. The van der Waals surface area contributed by atoms with E-state index in [2.05, 4.69) is 11.1 Å². The second kappa shape index (κ2) is 7.69. The molecule has 18 heavy (non-hydrogen) atoms. The first-order valence-corrected chi connectivity index (χ1v) is 7.37. The summed E-state index contributed by atoms with van der Waals surface area (Å²) in [4.78, 5) is 28.3. The summed E-state index contributed by atoms with van der Waals surface area (Å²) in [6.45, 7) is 7.05. The normalized spacial score (nSPS) is 12.2. The number of esters is 1. The van der Waals surface area contributed by atoms with Crippen molar-refractivity contribution >= 4 is 13.8 Å². The predicted molar refractivity (Wildman–Crippen MR) is 66.8 cm³/mol. The van der Waals surface area contributed by atoms with Gasteiger partial charge >= 0.3 is 13.8 Å². The first-order chi connectivity index (χ1) is 8.28. The smallest absolute Gasteiger partial charge is 0.456 e. The highest BCUT2D eigenvalue weighted by Gasteiger charge is 2.29. The summed E-state index contributed by atoms with van der Waals surface area (Å²) < 4.78 is 20.2. The highest BCUT2D eigenvalue weighted by atomic mass is 31.2. The van der Waals surface area contributed by atoms with Crippen molar-refractivity contribution in [2.45, 2.75) is 45.1 Å². The quantitative estimate of drug-likeness (QED) is 0.291. The summed E-state index contributed by atoms with van der Waals surface area (Å²) in [6.07, 6.45) is 3.24. The average molecular weight is 280 g/mol. The van der Waals surface area contributed by atoms with Crippen molar-refractivity contribution < 1.29 is 28.4 Å². The average Bonchev–Trinajstić information content (AvgIpc) is 2.31. The van der Waals surface area contributed by atoms with Crippen LogP contribution >= 0.6 is 7.82 Å². The van der Waals surface area contributed by atoms with E-state index in [4.69, 9.17) is 14.5 Å². The fourth-order valence-electron chi connectivity index (χ4n) is 1.63. The van der Waals surface area contributed by atoms with Crippen LogP contribution in [0.3, 0.4) is 0 Å². The van der Waals surface area contributed by atoms with Gasteiger partial charge in [0.05, 0.1) is 6.61 Å². The van der Waals surface area contributed by atoms with Gasteiger partial charge in [0.25, 0.3) is 0 Å². The minimum Gasteiger partial charge on any atom is -0.456 e. The number of hydrogen-bond donors (Lipinski definition) is 2. The highest BCUT2D eigenvalue weighted by Crippen LogP contribution is 2.36. The van der Waals surface area contributed by atoms with Crippen molar-refractivity contribution in [3.05, 3.63) is 12.7 Å². The molecule has 0 heterocycles. The Labute approximate surface area is 107 Å². The Balaban J connectivity index is 4.30. The lowest BCUT2D eigenvalue weighted by molar-refractivity contribution is -0.155. The summed E-state index contributed by atoms with van der Waals surface area (Å²) in [5, 5.41) is 0. The van der Waals surface area contributed by atoms with Crippen molar-refractivity contribution in [3.63, 3.8) is 0 Å². The SMILES string of the molecule is C=CC(=O)OC(CC)(CC)CCCOP(=O)(O)O. The summed E-state index contributed by atoms with van der Waals surface area (Å²) in [6, 6.07) is 0. The van der Waals surface area contributed by atoms with E-state index in [-0.39, 0.29) is 6.61 Å². The van der Waals surface area contributed by atoms with E-state index in [1.807, 2.05) is 13.8 Å². The van der Waals surface area contributed by atoms with Gasteiger partial charge in [0.15, 0.2) is 0 Å². The van der Waals surface area contributed by atoms with Gasteiger partial charge in [-0.1, -0.05) is 20.4 Å². The summed E-state index contributed by atoms with van der Waals surface area (Å²) >= 11 is 0. The fraction of sp³-hybridized carbons (Fsp3) is 0.727. The van der Waals surface area contributed by atoms with Gasteiger partial charge in [0.1, 0.15) is 5.60 Å².